The maximum absolute atomic E-state index is 8.46. The van der Waals surface area contributed by atoms with Gasteiger partial charge < -0.3 is 4.90 Å². The minimum Gasteiger partial charge on any atom is -0.361 e. The summed E-state index contributed by atoms with van der Waals surface area (Å²) < 4.78 is 1.03. The van der Waals surface area contributed by atoms with Gasteiger partial charge in [-0.15, -0.1) is 0 Å². The first kappa shape index (κ1) is 9.08. The average Bonchev–Trinajstić information content (AvgIpc) is 2.05. The first-order valence-corrected chi connectivity index (χ1v) is 4.37. The molecule has 0 unspecified atom stereocenters. The number of anilines is 1. The largest absolute Gasteiger partial charge is 0.361 e. The molecule has 3 heteroatoms. The van der Waals surface area contributed by atoms with Gasteiger partial charge in [-0.05, 0) is 18.2 Å². The monoisotopic (exact) mass is 224 g/mol. The van der Waals surface area contributed by atoms with Crippen molar-refractivity contribution in [3.05, 3.63) is 28.7 Å². The third-order valence-electron chi connectivity index (χ3n) is 1.56. The van der Waals surface area contributed by atoms with E-state index in [4.69, 9.17) is 5.26 Å². The van der Waals surface area contributed by atoms with Crippen LogP contribution >= 0.6 is 15.9 Å². The van der Waals surface area contributed by atoms with E-state index in [1.165, 1.54) is 0 Å². The van der Waals surface area contributed by atoms with Crippen LogP contribution in [0.15, 0.2) is 28.7 Å². The van der Waals surface area contributed by atoms with Gasteiger partial charge in [-0.2, -0.15) is 5.26 Å². The summed E-state index contributed by atoms with van der Waals surface area (Å²) in [7, 11) is 1.89. The zero-order chi connectivity index (χ0) is 8.97. The van der Waals surface area contributed by atoms with Crippen molar-refractivity contribution >= 4 is 21.6 Å². The van der Waals surface area contributed by atoms with Gasteiger partial charge in [0, 0.05) is 17.2 Å². The van der Waals surface area contributed by atoms with E-state index in [1.807, 2.05) is 36.2 Å². The van der Waals surface area contributed by atoms with Gasteiger partial charge in [0.05, 0.1) is 6.07 Å². The predicted octanol–water partition coefficient (Wildman–Crippen LogP) is 2.41. The molecule has 0 radical (unpaired) electrons. The van der Waals surface area contributed by atoms with E-state index in [0.717, 1.165) is 10.2 Å². The number of hydrogen-bond acceptors (Lipinski definition) is 2. The Labute approximate surface area is 80.5 Å². The summed E-state index contributed by atoms with van der Waals surface area (Å²) >= 11 is 3.37. The second kappa shape index (κ2) is 4.13. The molecule has 0 saturated carbocycles. The molecular formula is C9H9BrN2. The summed E-state index contributed by atoms with van der Waals surface area (Å²) in [6.07, 6.45) is 0. The molecule has 12 heavy (non-hydrogen) atoms. The van der Waals surface area contributed by atoms with Gasteiger partial charge in [-0.1, -0.05) is 22.0 Å². The topological polar surface area (TPSA) is 27.0 Å². The highest BCUT2D eigenvalue weighted by molar-refractivity contribution is 9.10. The molecule has 0 spiro atoms. The molecule has 0 aliphatic heterocycles. The number of rotatable bonds is 2. The standard InChI is InChI=1S/C9H9BrN2/c1-12(6-5-11)9-4-2-3-8(10)7-9/h2-4,7H,6H2,1H3. The summed E-state index contributed by atoms with van der Waals surface area (Å²) in [6, 6.07) is 9.97. The minimum absolute atomic E-state index is 0.413. The van der Waals surface area contributed by atoms with Gasteiger partial charge in [0.1, 0.15) is 6.54 Å². The Morgan fingerprint density at radius 3 is 2.92 bits per heavy atom. The summed E-state index contributed by atoms with van der Waals surface area (Å²) in [5.74, 6) is 0. The van der Waals surface area contributed by atoms with E-state index in [1.54, 1.807) is 0 Å². The van der Waals surface area contributed by atoms with Crippen molar-refractivity contribution in [2.75, 3.05) is 18.5 Å². The van der Waals surface area contributed by atoms with Crippen molar-refractivity contribution in [1.29, 1.82) is 5.26 Å². The lowest BCUT2D eigenvalue weighted by atomic mass is 10.3. The first-order chi connectivity index (χ1) is 5.74. The lowest BCUT2D eigenvalue weighted by Crippen LogP contribution is -2.16. The average molecular weight is 225 g/mol. The second-order valence-corrected chi connectivity index (χ2v) is 3.41. The molecule has 0 aromatic heterocycles. The number of benzene rings is 1. The lowest BCUT2D eigenvalue weighted by molar-refractivity contribution is 1.04. The Morgan fingerprint density at radius 1 is 1.58 bits per heavy atom. The van der Waals surface area contributed by atoms with Crippen LogP contribution < -0.4 is 4.90 Å². The fraction of sp³-hybridized carbons (Fsp3) is 0.222. The van der Waals surface area contributed by atoms with E-state index < -0.39 is 0 Å². The zero-order valence-electron chi connectivity index (χ0n) is 6.79. The normalized spacial score (nSPS) is 9.08. The fourth-order valence-electron chi connectivity index (χ4n) is 0.911. The van der Waals surface area contributed by atoms with Crippen molar-refractivity contribution in [2.45, 2.75) is 0 Å². The highest BCUT2D eigenvalue weighted by Gasteiger charge is 1.98. The zero-order valence-corrected chi connectivity index (χ0v) is 8.37. The van der Waals surface area contributed by atoms with Crippen LogP contribution in [0.3, 0.4) is 0 Å². The number of nitriles is 1. The van der Waals surface area contributed by atoms with Gasteiger partial charge in [0.25, 0.3) is 0 Å². The summed E-state index contributed by atoms with van der Waals surface area (Å²) in [4.78, 5) is 1.89. The van der Waals surface area contributed by atoms with Gasteiger partial charge in [0.2, 0.25) is 0 Å². The maximum atomic E-state index is 8.46. The predicted molar refractivity (Wildman–Crippen MR) is 53.0 cm³/mol. The van der Waals surface area contributed by atoms with Crippen molar-refractivity contribution in [1.82, 2.24) is 0 Å². The number of nitrogens with zero attached hydrogens (tertiary/aromatic N) is 2. The molecular weight excluding hydrogens is 216 g/mol. The van der Waals surface area contributed by atoms with Gasteiger partial charge >= 0.3 is 0 Å². The minimum atomic E-state index is 0.413. The molecule has 0 fully saturated rings. The van der Waals surface area contributed by atoms with E-state index in [0.29, 0.717) is 6.54 Å². The lowest BCUT2D eigenvalue weighted by Gasteiger charge is -2.14. The second-order valence-electron chi connectivity index (χ2n) is 2.49. The van der Waals surface area contributed by atoms with Crippen molar-refractivity contribution in [3.8, 4) is 6.07 Å². The molecule has 1 aromatic carbocycles. The summed E-state index contributed by atoms with van der Waals surface area (Å²) in [5.41, 5.74) is 1.05. The highest BCUT2D eigenvalue weighted by Crippen LogP contribution is 2.18. The summed E-state index contributed by atoms with van der Waals surface area (Å²) in [5, 5.41) is 8.46. The molecule has 0 aliphatic rings. The smallest absolute Gasteiger partial charge is 0.105 e. The van der Waals surface area contributed by atoms with E-state index in [-0.39, 0.29) is 0 Å². The molecule has 1 rings (SSSR count). The Kier molecular flexibility index (Phi) is 3.12. The Morgan fingerprint density at radius 2 is 2.33 bits per heavy atom. The van der Waals surface area contributed by atoms with Crippen molar-refractivity contribution in [2.24, 2.45) is 0 Å². The van der Waals surface area contributed by atoms with Crippen LogP contribution in [0, 0.1) is 11.3 Å². The fourth-order valence-corrected chi connectivity index (χ4v) is 1.30. The van der Waals surface area contributed by atoms with Crippen LogP contribution in [0.5, 0.6) is 0 Å². The van der Waals surface area contributed by atoms with Crippen LogP contribution in [-0.4, -0.2) is 13.6 Å². The Hall–Kier alpha value is -1.01. The SMILES string of the molecule is CN(CC#N)c1cccc(Br)c1. The van der Waals surface area contributed by atoms with E-state index in [9.17, 15) is 0 Å². The molecule has 0 amide bonds. The van der Waals surface area contributed by atoms with Crippen LogP contribution in [-0.2, 0) is 0 Å². The molecule has 0 N–H and O–H groups in total. The van der Waals surface area contributed by atoms with Crippen LogP contribution in [0.25, 0.3) is 0 Å². The number of hydrogen-bond donors (Lipinski definition) is 0. The first-order valence-electron chi connectivity index (χ1n) is 3.57. The van der Waals surface area contributed by atoms with Gasteiger partial charge in [0.15, 0.2) is 0 Å². The molecule has 0 atom stereocenters. The van der Waals surface area contributed by atoms with Gasteiger partial charge in [-0.25, -0.2) is 0 Å². The molecule has 2 nitrogen and oxygen atoms in total. The number of halogens is 1. The van der Waals surface area contributed by atoms with Crippen LogP contribution in [0.1, 0.15) is 0 Å². The van der Waals surface area contributed by atoms with Crippen molar-refractivity contribution in [3.63, 3.8) is 0 Å². The molecule has 1 aromatic rings. The van der Waals surface area contributed by atoms with E-state index in [2.05, 4.69) is 22.0 Å². The Balaban J connectivity index is 2.82. The molecule has 62 valence electrons. The quantitative estimate of drug-likeness (QED) is 0.722. The van der Waals surface area contributed by atoms with Crippen LogP contribution in [0.2, 0.25) is 0 Å². The Bertz CT molecular complexity index is 304. The highest BCUT2D eigenvalue weighted by atomic mass is 79.9. The molecule has 0 bridgehead atoms. The maximum Gasteiger partial charge on any atom is 0.105 e. The van der Waals surface area contributed by atoms with E-state index >= 15 is 0 Å². The molecule has 0 saturated heterocycles. The third-order valence-corrected chi connectivity index (χ3v) is 2.05. The summed E-state index contributed by atoms with van der Waals surface area (Å²) in [6.45, 7) is 0.413. The van der Waals surface area contributed by atoms with Crippen molar-refractivity contribution < 1.29 is 0 Å². The van der Waals surface area contributed by atoms with Gasteiger partial charge in [-0.3, -0.25) is 0 Å². The van der Waals surface area contributed by atoms with Crippen LogP contribution in [0.4, 0.5) is 5.69 Å². The third kappa shape index (κ3) is 2.24. The molecule has 0 heterocycles. The molecule has 0 aliphatic carbocycles.